The summed E-state index contributed by atoms with van der Waals surface area (Å²) in [5.41, 5.74) is 2.90. The van der Waals surface area contributed by atoms with Gasteiger partial charge in [0.15, 0.2) is 0 Å². The topological polar surface area (TPSA) is 42.2 Å². The van der Waals surface area contributed by atoms with Crippen LogP contribution >= 0.6 is 0 Å². The molecule has 3 aromatic rings. The van der Waals surface area contributed by atoms with Crippen molar-refractivity contribution in [3.8, 4) is 11.5 Å². The maximum Gasteiger partial charge on any atom is 0.250 e. The van der Waals surface area contributed by atoms with Crippen molar-refractivity contribution in [1.82, 2.24) is 9.97 Å². The van der Waals surface area contributed by atoms with E-state index in [1.165, 1.54) is 31.0 Å². The van der Waals surface area contributed by atoms with E-state index < -0.39 is 5.95 Å². The average molecular weight is 297 g/mol. The van der Waals surface area contributed by atoms with E-state index in [1.54, 1.807) is 6.07 Å². The van der Waals surface area contributed by atoms with Gasteiger partial charge in [0, 0.05) is 24.3 Å². The molecule has 4 rings (SSSR count). The van der Waals surface area contributed by atoms with Gasteiger partial charge in [0.25, 0.3) is 0 Å². The molecule has 0 aliphatic carbocycles. The van der Waals surface area contributed by atoms with Crippen molar-refractivity contribution in [1.29, 1.82) is 0 Å². The van der Waals surface area contributed by atoms with Crippen LogP contribution in [-0.2, 0) is 0 Å². The Labute approximate surface area is 127 Å². The van der Waals surface area contributed by atoms with Crippen LogP contribution < -0.4 is 4.90 Å². The smallest absolute Gasteiger partial charge is 0.250 e. The molecule has 22 heavy (non-hydrogen) atoms. The molecule has 112 valence electrons. The lowest BCUT2D eigenvalue weighted by Gasteiger charge is -2.28. The minimum absolute atomic E-state index is 0.232. The first kappa shape index (κ1) is 13.2. The molecule has 1 aromatic carbocycles. The SMILES string of the molecule is Fc1ccc2nc(-c3ccc(N4CCCCC4)cc3)oc2n1. The van der Waals surface area contributed by atoms with E-state index in [4.69, 9.17) is 4.42 Å². The number of rotatable bonds is 2. The van der Waals surface area contributed by atoms with Gasteiger partial charge in [-0.05, 0) is 55.7 Å². The maximum absolute atomic E-state index is 13.1. The molecule has 0 N–H and O–H groups in total. The van der Waals surface area contributed by atoms with E-state index in [0.717, 1.165) is 18.7 Å². The number of halogens is 1. The van der Waals surface area contributed by atoms with Crippen LogP contribution in [0.1, 0.15) is 19.3 Å². The van der Waals surface area contributed by atoms with Gasteiger partial charge in [-0.15, -0.1) is 0 Å². The summed E-state index contributed by atoms with van der Waals surface area (Å²) in [5, 5.41) is 0. The molecule has 0 bridgehead atoms. The zero-order chi connectivity index (χ0) is 14.9. The predicted molar refractivity (Wildman–Crippen MR) is 83.3 cm³/mol. The molecule has 0 saturated carbocycles. The Morgan fingerprint density at radius 3 is 2.45 bits per heavy atom. The highest BCUT2D eigenvalue weighted by molar-refractivity contribution is 5.72. The first-order chi connectivity index (χ1) is 10.8. The van der Waals surface area contributed by atoms with Crippen LogP contribution in [0.2, 0.25) is 0 Å². The molecular formula is C17H16FN3O. The lowest BCUT2D eigenvalue weighted by Crippen LogP contribution is -2.29. The highest BCUT2D eigenvalue weighted by Gasteiger charge is 2.13. The lowest BCUT2D eigenvalue weighted by atomic mass is 10.1. The van der Waals surface area contributed by atoms with Crippen LogP contribution in [-0.4, -0.2) is 23.1 Å². The Morgan fingerprint density at radius 1 is 0.909 bits per heavy atom. The van der Waals surface area contributed by atoms with Gasteiger partial charge in [0.1, 0.15) is 5.52 Å². The van der Waals surface area contributed by atoms with E-state index >= 15 is 0 Å². The van der Waals surface area contributed by atoms with Crippen molar-refractivity contribution in [2.45, 2.75) is 19.3 Å². The van der Waals surface area contributed by atoms with Crippen molar-refractivity contribution in [2.75, 3.05) is 18.0 Å². The lowest BCUT2D eigenvalue weighted by molar-refractivity contribution is 0.559. The van der Waals surface area contributed by atoms with Gasteiger partial charge in [-0.25, -0.2) is 4.98 Å². The first-order valence-corrected chi connectivity index (χ1v) is 7.58. The first-order valence-electron chi connectivity index (χ1n) is 7.58. The zero-order valence-electron chi connectivity index (χ0n) is 12.1. The van der Waals surface area contributed by atoms with Gasteiger partial charge in [0.2, 0.25) is 17.6 Å². The van der Waals surface area contributed by atoms with Crippen LogP contribution in [0.25, 0.3) is 22.7 Å². The fraction of sp³-hybridized carbons (Fsp3) is 0.294. The molecule has 1 fully saturated rings. The van der Waals surface area contributed by atoms with Crippen molar-refractivity contribution in [3.05, 3.63) is 42.3 Å². The Hall–Kier alpha value is -2.43. The number of oxazole rings is 1. The molecular weight excluding hydrogens is 281 g/mol. The molecule has 3 heterocycles. The van der Waals surface area contributed by atoms with E-state index in [-0.39, 0.29) is 5.71 Å². The molecule has 0 radical (unpaired) electrons. The quantitative estimate of drug-likeness (QED) is 0.670. The van der Waals surface area contributed by atoms with E-state index in [0.29, 0.717) is 11.4 Å². The number of fused-ring (bicyclic) bond motifs is 1. The summed E-state index contributed by atoms with van der Waals surface area (Å²) < 4.78 is 18.6. The summed E-state index contributed by atoms with van der Waals surface area (Å²) in [7, 11) is 0. The molecule has 4 nitrogen and oxygen atoms in total. The number of pyridine rings is 1. The highest BCUT2D eigenvalue weighted by Crippen LogP contribution is 2.26. The van der Waals surface area contributed by atoms with Gasteiger partial charge >= 0.3 is 0 Å². The highest BCUT2D eigenvalue weighted by atomic mass is 19.1. The molecule has 1 aliphatic rings. The van der Waals surface area contributed by atoms with Crippen LogP contribution in [0, 0.1) is 5.95 Å². The number of hydrogen-bond acceptors (Lipinski definition) is 4. The van der Waals surface area contributed by atoms with Crippen LogP contribution in [0.5, 0.6) is 0 Å². The largest absolute Gasteiger partial charge is 0.418 e. The van der Waals surface area contributed by atoms with Crippen LogP contribution in [0.4, 0.5) is 10.1 Å². The molecule has 0 unspecified atom stereocenters. The van der Waals surface area contributed by atoms with Crippen LogP contribution in [0.3, 0.4) is 0 Å². The second-order valence-electron chi connectivity index (χ2n) is 5.57. The maximum atomic E-state index is 13.1. The monoisotopic (exact) mass is 297 g/mol. The molecule has 0 spiro atoms. The summed E-state index contributed by atoms with van der Waals surface area (Å²) in [6.07, 6.45) is 3.83. The van der Waals surface area contributed by atoms with Gasteiger partial charge in [-0.2, -0.15) is 9.37 Å². The second-order valence-corrected chi connectivity index (χ2v) is 5.57. The fourth-order valence-electron chi connectivity index (χ4n) is 2.88. The average Bonchev–Trinajstić information content (AvgIpc) is 2.99. The molecule has 1 saturated heterocycles. The van der Waals surface area contributed by atoms with Gasteiger partial charge in [0.05, 0.1) is 0 Å². The van der Waals surface area contributed by atoms with Gasteiger partial charge < -0.3 is 9.32 Å². The third-order valence-electron chi connectivity index (χ3n) is 4.06. The fourth-order valence-corrected chi connectivity index (χ4v) is 2.88. The third kappa shape index (κ3) is 2.43. The summed E-state index contributed by atoms with van der Waals surface area (Å²) in [4.78, 5) is 10.5. The number of piperidine rings is 1. The summed E-state index contributed by atoms with van der Waals surface area (Å²) >= 11 is 0. The minimum Gasteiger partial charge on any atom is -0.418 e. The number of hydrogen-bond donors (Lipinski definition) is 0. The Balaban J connectivity index is 1.63. The normalized spacial score (nSPS) is 15.4. The third-order valence-corrected chi connectivity index (χ3v) is 4.06. The Bertz CT molecular complexity index is 791. The Morgan fingerprint density at radius 2 is 1.68 bits per heavy atom. The molecule has 0 atom stereocenters. The number of nitrogens with zero attached hydrogens (tertiary/aromatic N) is 3. The summed E-state index contributed by atoms with van der Waals surface area (Å²) in [6.45, 7) is 2.23. The summed E-state index contributed by atoms with van der Waals surface area (Å²) in [5.74, 6) is -0.0889. The molecule has 2 aromatic heterocycles. The molecule has 0 amide bonds. The zero-order valence-corrected chi connectivity index (χ0v) is 12.1. The molecule has 5 heteroatoms. The summed E-state index contributed by atoms with van der Waals surface area (Å²) in [6, 6.07) is 11.0. The van der Waals surface area contributed by atoms with E-state index in [2.05, 4.69) is 27.0 Å². The second kappa shape index (κ2) is 5.40. The van der Waals surface area contributed by atoms with E-state index in [9.17, 15) is 4.39 Å². The van der Waals surface area contributed by atoms with Crippen molar-refractivity contribution < 1.29 is 8.81 Å². The number of anilines is 1. The predicted octanol–water partition coefficient (Wildman–Crippen LogP) is 4.02. The number of aromatic nitrogens is 2. The van der Waals surface area contributed by atoms with Crippen molar-refractivity contribution >= 4 is 16.9 Å². The standard InChI is InChI=1S/C17H16FN3O/c18-15-9-8-14-17(20-15)22-16(19-14)12-4-6-13(7-5-12)21-10-2-1-3-11-21/h4-9H,1-3,10-11H2. The molecule has 1 aliphatic heterocycles. The van der Waals surface area contributed by atoms with E-state index in [1.807, 2.05) is 12.1 Å². The number of benzene rings is 1. The van der Waals surface area contributed by atoms with Crippen molar-refractivity contribution in [3.63, 3.8) is 0 Å². The van der Waals surface area contributed by atoms with Crippen molar-refractivity contribution in [2.24, 2.45) is 0 Å². The van der Waals surface area contributed by atoms with Gasteiger partial charge in [-0.3, -0.25) is 0 Å². The Kier molecular flexibility index (Phi) is 3.25. The minimum atomic E-state index is -0.560. The van der Waals surface area contributed by atoms with Crippen LogP contribution in [0.15, 0.2) is 40.8 Å². The van der Waals surface area contributed by atoms with Gasteiger partial charge in [-0.1, -0.05) is 0 Å².